The number of hydrogen-bond donors (Lipinski definition) is 1. The molecule has 3 nitrogen and oxygen atoms in total. The smallest absolute Gasteiger partial charge is 0.0422 e. The summed E-state index contributed by atoms with van der Waals surface area (Å²) >= 11 is 0. The molecule has 2 heterocycles. The van der Waals surface area contributed by atoms with Crippen LogP contribution in [0.1, 0.15) is 35.5 Å². The number of aromatic nitrogens is 2. The molecule has 0 aliphatic heterocycles. The molecule has 0 aromatic carbocycles. The lowest BCUT2D eigenvalue weighted by Crippen LogP contribution is -2.20. The fourth-order valence-electron chi connectivity index (χ4n) is 2.23. The van der Waals surface area contributed by atoms with Crippen LogP contribution in [0.5, 0.6) is 0 Å². The van der Waals surface area contributed by atoms with Gasteiger partial charge in [-0.25, -0.2) is 0 Å². The summed E-state index contributed by atoms with van der Waals surface area (Å²) in [6, 6.07) is 8.65. The molecule has 19 heavy (non-hydrogen) atoms. The lowest BCUT2D eigenvalue weighted by atomic mass is 10.0. The van der Waals surface area contributed by atoms with E-state index in [1.807, 2.05) is 32.4 Å². The first kappa shape index (κ1) is 13.7. The summed E-state index contributed by atoms with van der Waals surface area (Å²) < 4.78 is 0. The Labute approximate surface area is 115 Å². The molecule has 0 saturated carbocycles. The largest absolute Gasteiger partial charge is 0.313 e. The molecule has 0 aliphatic rings. The standard InChI is InChI=1S/C16H21N3/c1-4-13-7-8-14(19-11-13)10-16(17-3)15-6-5-9-18-12(15)2/h5-9,11,16-17H,4,10H2,1-3H3. The molecule has 0 saturated heterocycles. The Balaban J connectivity index is 2.17. The van der Waals surface area contributed by atoms with Crippen molar-refractivity contribution in [2.24, 2.45) is 0 Å². The van der Waals surface area contributed by atoms with Gasteiger partial charge >= 0.3 is 0 Å². The van der Waals surface area contributed by atoms with Crippen molar-refractivity contribution in [2.75, 3.05) is 7.05 Å². The average Bonchev–Trinajstić information content (AvgIpc) is 2.46. The molecule has 0 radical (unpaired) electrons. The van der Waals surface area contributed by atoms with E-state index < -0.39 is 0 Å². The molecular formula is C16H21N3. The van der Waals surface area contributed by atoms with Crippen LogP contribution in [0.25, 0.3) is 0 Å². The fraction of sp³-hybridized carbons (Fsp3) is 0.375. The molecule has 1 atom stereocenters. The quantitative estimate of drug-likeness (QED) is 0.892. The minimum absolute atomic E-state index is 0.258. The van der Waals surface area contributed by atoms with Crippen LogP contribution in [0.3, 0.4) is 0 Å². The molecule has 0 fully saturated rings. The highest BCUT2D eigenvalue weighted by molar-refractivity contribution is 5.25. The zero-order valence-corrected chi connectivity index (χ0v) is 11.9. The van der Waals surface area contributed by atoms with Gasteiger partial charge in [-0.15, -0.1) is 0 Å². The van der Waals surface area contributed by atoms with Crippen LogP contribution >= 0.6 is 0 Å². The normalized spacial score (nSPS) is 12.4. The molecule has 1 N–H and O–H groups in total. The van der Waals surface area contributed by atoms with Crippen LogP contribution in [-0.2, 0) is 12.8 Å². The third-order valence-corrected chi connectivity index (χ3v) is 3.48. The maximum absolute atomic E-state index is 4.53. The van der Waals surface area contributed by atoms with E-state index in [4.69, 9.17) is 0 Å². The number of nitrogens with one attached hydrogen (secondary N) is 1. The predicted octanol–water partition coefficient (Wildman–Crippen LogP) is 2.85. The van der Waals surface area contributed by atoms with Gasteiger partial charge in [0.1, 0.15) is 0 Å². The topological polar surface area (TPSA) is 37.8 Å². The van der Waals surface area contributed by atoms with E-state index >= 15 is 0 Å². The van der Waals surface area contributed by atoms with Gasteiger partial charge in [0.2, 0.25) is 0 Å². The summed E-state index contributed by atoms with van der Waals surface area (Å²) in [6.07, 6.45) is 5.72. The van der Waals surface area contributed by atoms with E-state index in [1.54, 1.807) is 0 Å². The zero-order chi connectivity index (χ0) is 13.7. The van der Waals surface area contributed by atoms with E-state index in [0.29, 0.717) is 0 Å². The van der Waals surface area contributed by atoms with Gasteiger partial charge in [-0.2, -0.15) is 0 Å². The summed E-state index contributed by atoms with van der Waals surface area (Å²) in [5, 5.41) is 3.36. The Kier molecular flexibility index (Phi) is 4.63. The molecule has 0 amide bonds. The first-order valence-corrected chi connectivity index (χ1v) is 6.77. The Morgan fingerprint density at radius 2 is 2.05 bits per heavy atom. The first-order chi connectivity index (χ1) is 9.24. The minimum Gasteiger partial charge on any atom is -0.313 e. The molecule has 1 unspecified atom stereocenters. The van der Waals surface area contributed by atoms with Crippen molar-refractivity contribution in [2.45, 2.75) is 32.7 Å². The Morgan fingerprint density at radius 1 is 1.21 bits per heavy atom. The van der Waals surface area contributed by atoms with Crippen LogP contribution in [-0.4, -0.2) is 17.0 Å². The Hall–Kier alpha value is -1.74. The van der Waals surface area contributed by atoms with Gasteiger partial charge in [-0.05, 0) is 43.7 Å². The van der Waals surface area contributed by atoms with Crippen LogP contribution in [0.2, 0.25) is 0 Å². The van der Waals surface area contributed by atoms with Crippen LogP contribution < -0.4 is 5.32 Å². The van der Waals surface area contributed by atoms with Gasteiger partial charge in [-0.3, -0.25) is 9.97 Å². The molecule has 0 spiro atoms. The van der Waals surface area contributed by atoms with Crippen molar-refractivity contribution in [3.8, 4) is 0 Å². The molecule has 3 heteroatoms. The second kappa shape index (κ2) is 6.43. The zero-order valence-electron chi connectivity index (χ0n) is 11.9. The van der Waals surface area contributed by atoms with E-state index in [-0.39, 0.29) is 6.04 Å². The van der Waals surface area contributed by atoms with E-state index in [2.05, 4.69) is 40.4 Å². The van der Waals surface area contributed by atoms with Crippen molar-refractivity contribution >= 4 is 0 Å². The number of nitrogens with zero attached hydrogens (tertiary/aromatic N) is 2. The number of likely N-dealkylation sites (N-methyl/N-ethyl adjacent to an activating group) is 1. The summed E-state index contributed by atoms with van der Waals surface area (Å²) in [7, 11) is 1.98. The minimum atomic E-state index is 0.258. The number of rotatable bonds is 5. The van der Waals surface area contributed by atoms with Crippen molar-refractivity contribution in [3.63, 3.8) is 0 Å². The molecule has 2 aromatic rings. The summed E-state index contributed by atoms with van der Waals surface area (Å²) in [4.78, 5) is 8.89. The van der Waals surface area contributed by atoms with Crippen LogP contribution in [0.4, 0.5) is 0 Å². The first-order valence-electron chi connectivity index (χ1n) is 6.77. The number of hydrogen-bond acceptors (Lipinski definition) is 3. The summed E-state index contributed by atoms with van der Waals surface area (Å²) in [5.41, 5.74) is 4.71. The highest BCUT2D eigenvalue weighted by atomic mass is 14.9. The van der Waals surface area contributed by atoms with Gasteiger partial charge in [0.15, 0.2) is 0 Å². The summed E-state index contributed by atoms with van der Waals surface area (Å²) in [5.74, 6) is 0. The van der Waals surface area contributed by atoms with Gasteiger partial charge in [0.05, 0.1) is 0 Å². The van der Waals surface area contributed by atoms with Crippen molar-refractivity contribution < 1.29 is 0 Å². The predicted molar refractivity (Wildman–Crippen MR) is 78.1 cm³/mol. The lowest BCUT2D eigenvalue weighted by molar-refractivity contribution is 0.578. The second-order valence-corrected chi connectivity index (χ2v) is 4.73. The van der Waals surface area contributed by atoms with Crippen molar-refractivity contribution in [1.82, 2.24) is 15.3 Å². The van der Waals surface area contributed by atoms with Gasteiger partial charge < -0.3 is 5.32 Å². The Bertz CT molecular complexity index is 520. The maximum Gasteiger partial charge on any atom is 0.0422 e. The van der Waals surface area contributed by atoms with Crippen LogP contribution in [0.15, 0.2) is 36.7 Å². The van der Waals surface area contributed by atoms with Gasteiger partial charge in [-0.1, -0.05) is 19.1 Å². The SMILES string of the molecule is CCc1ccc(CC(NC)c2cccnc2C)nc1. The van der Waals surface area contributed by atoms with Gasteiger partial charge in [0, 0.05) is 36.2 Å². The summed E-state index contributed by atoms with van der Waals surface area (Å²) in [6.45, 7) is 4.19. The van der Waals surface area contributed by atoms with Crippen molar-refractivity contribution in [1.29, 1.82) is 0 Å². The monoisotopic (exact) mass is 255 g/mol. The Morgan fingerprint density at radius 3 is 2.63 bits per heavy atom. The van der Waals surface area contributed by atoms with Crippen molar-refractivity contribution in [3.05, 3.63) is 59.2 Å². The molecule has 0 aliphatic carbocycles. The van der Waals surface area contributed by atoms with Gasteiger partial charge in [0.25, 0.3) is 0 Å². The number of aryl methyl sites for hydroxylation is 2. The molecule has 100 valence electrons. The van der Waals surface area contributed by atoms with E-state index in [0.717, 1.165) is 24.2 Å². The maximum atomic E-state index is 4.53. The van der Waals surface area contributed by atoms with E-state index in [9.17, 15) is 0 Å². The fourth-order valence-corrected chi connectivity index (χ4v) is 2.23. The second-order valence-electron chi connectivity index (χ2n) is 4.73. The molecule has 0 bridgehead atoms. The highest BCUT2D eigenvalue weighted by Crippen LogP contribution is 2.19. The third-order valence-electron chi connectivity index (χ3n) is 3.48. The third kappa shape index (κ3) is 3.38. The molecular weight excluding hydrogens is 234 g/mol. The molecule has 2 aromatic heterocycles. The highest BCUT2D eigenvalue weighted by Gasteiger charge is 2.13. The number of pyridine rings is 2. The van der Waals surface area contributed by atoms with Crippen LogP contribution in [0, 0.1) is 6.92 Å². The van der Waals surface area contributed by atoms with E-state index in [1.165, 1.54) is 11.1 Å². The average molecular weight is 255 g/mol. The lowest BCUT2D eigenvalue weighted by Gasteiger charge is -2.18. The molecule has 2 rings (SSSR count).